The normalized spacial score (nSPS) is 11.2. The Hall–Kier alpha value is -0.870. The molecule has 0 unspecified atom stereocenters. The maximum absolute atomic E-state index is 8.73. The lowest BCUT2D eigenvalue weighted by Gasteiger charge is -2.14. The summed E-state index contributed by atoms with van der Waals surface area (Å²) in [6.07, 6.45) is 1.88. The highest BCUT2D eigenvalue weighted by Crippen LogP contribution is 2.07. The van der Waals surface area contributed by atoms with Gasteiger partial charge in [0.15, 0.2) is 0 Å². The molecule has 1 N–H and O–H groups in total. The number of aromatic nitrogens is 2. The quantitative estimate of drug-likeness (QED) is 0.722. The second kappa shape index (κ2) is 4.39. The Morgan fingerprint density at radius 1 is 1.62 bits per heavy atom. The van der Waals surface area contributed by atoms with E-state index in [1.54, 1.807) is 0 Å². The average Bonchev–Trinajstić information content (AvgIpc) is 2.37. The number of hydrogen-bond donors (Lipinski definition) is 1. The van der Waals surface area contributed by atoms with Crippen molar-refractivity contribution in [1.29, 1.82) is 0 Å². The molecule has 0 atom stereocenters. The molecule has 0 saturated carbocycles. The molecule has 0 saturated heterocycles. The van der Waals surface area contributed by atoms with Gasteiger partial charge in [0.1, 0.15) is 0 Å². The third-order valence-corrected chi connectivity index (χ3v) is 2.26. The van der Waals surface area contributed by atoms with Gasteiger partial charge < -0.3 is 5.11 Å². The van der Waals surface area contributed by atoms with Crippen LogP contribution in [0, 0.1) is 6.92 Å². The Kier molecular flexibility index (Phi) is 3.45. The van der Waals surface area contributed by atoms with Crippen molar-refractivity contribution < 1.29 is 5.11 Å². The van der Waals surface area contributed by atoms with E-state index in [4.69, 9.17) is 5.11 Å². The third-order valence-electron chi connectivity index (χ3n) is 2.26. The molecule has 0 spiro atoms. The summed E-state index contributed by atoms with van der Waals surface area (Å²) in [4.78, 5) is 2.07. The molecule has 0 radical (unpaired) electrons. The van der Waals surface area contributed by atoms with Crippen molar-refractivity contribution in [1.82, 2.24) is 14.7 Å². The molecule has 1 aromatic heterocycles. The summed E-state index contributed by atoms with van der Waals surface area (Å²) in [6.45, 7) is 3.81. The minimum absolute atomic E-state index is 0.204. The molecule has 0 fully saturated rings. The summed E-state index contributed by atoms with van der Waals surface area (Å²) in [5, 5.41) is 12.9. The zero-order chi connectivity index (χ0) is 9.84. The first-order chi connectivity index (χ1) is 6.15. The fourth-order valence-electron chi connectivity index (χ4n) is 1.24. The zero-order valence-corrected chi connectivity index (χ0v) is 8.49. The molecule has 0 aromatic carbocycles. The van der Waals surface area contributed by atoms with Gasteiger partial charge in [-0.05, 0) is 14.0 Å². The smallest absolute Gasteiger partial charge is 0.0558 e. The van der Waals surface area contributed by atoms with E-state index >= 15 is 0 Å². The molecule has 0 aliphatic heterocycles. The van der Waals surface area contributed by atoms with Gasteiger partial charge in [-0.1, -0.05) is 0 Å². The second-order valence-corrected chi connectivity index (χ2v) is 3.34. The Morgan fingerprint density at radius 3 is 2.77 bits per heavy atom. The van der Waals surface area contributed by atoms with Crippen LogP contribution in [0.25, 0.3) is 0 Å². The van der Waals surface area contributed by atoms with Crippen molar-refractivity contribution in [2.45, 2.75) is 13.5 Å². The van der Waals surface area contributed by atoms with E-state index in [-0.39, 0.29) is 6.61 Å². The minimum atomic E-state index is 0.204. The van der Waals surface area contributed by atoms with Crippen LogP contribution in [-0.4, -0.2) is 40.0 Å². The van der Waals surface area contributed by atoms with Gasteiger partial charge in [-0.2, -0.15) is 5.10 Å². The zero-order valence-electron chi connectivity index (χ0n) is 8.49. The molecular formula is C9H17N3O. The van der Waals surface area contributed by atoms with E-state index in [1.807, 2.05) is 25.0 Å². The Bertz CT molecular complexity index is 270. The highest BCUT2D eigenvalue weighted by Gasteiger charge is 2.05. The van der Waals surface area contributed by atoms with Crippen molar-refractivity contribution >= 4 is 0 Å². The molecule has 0 aliphatic carbocycles. The fourth-order valence-corrected chi connectivity index (χ4v) is 1.24. The molecule has 0 bridgehead atoms. The van der Waals surface area contributed by atoms with Crippen molar-refractivity contribution in [3.8, 4) is 0 Å². The van der Waals surface area contributed by atoms with E-state index in [1.165, 1.54) is 11.3 Å². The topological polar surface area (TPSA) is 41.3 Å². The number of likely N-dealkylation sites (N-methyl/N-ethyl adjacent to an activating group) is 1. The van der Waals surface area contributed by atoms with Crippen LogP contribution < -0.4 is 0 Å². The molecule has 0 aliphatic rings. The van der Waals surface area contributed by atoms with Gasteiger partial charge in [-0.3, -0.25) is 9.58 Å². The van der Waals surface area contributed by atoms with Crippen LogP contribution in [0.1, 0.15) is 11.3 Å². The summed E-state index contributed by atoms with van der Waals surface area (Å²) in [7, 11) is 3.92. The molecule has 74 valence electrons. The predicted molar refractivity (Wildman–Crippen MR) is 51.4 cm³/mol. The maximum atomic E-state index is 8.73. The number of aryl methyl sites for hydroxylation is 1. The summed E-state index contributed by atoms with van der Waals surface area (Å²) in [6, 6.07) is 0. The number of aliphatic hydroxyl groups excluding tert-OH is 1. The van der Waals surface area contributed by atoms with Crippen LogP contribution >= 0.6 is 0 Å². The first-order valence-corrected chi connectivity index (χ1v) is 4.42. The highest BCUT2D eigenvalue weighted by atomic mass is 16.3. The van der Waals surface area contributed by atoms with E-state index in [2.05, 4.69) is 16.9 Å². The third kappa shape index (κ3) is 2.54. The highest BCUT2D eigenvalue weighted by molar-refractivity contribution is 5.15. The van der Waals surface area contributed by atoms with E-state index in [9.17, 15) is 0 Å². The summed E-state index contributed by atoms with van der Waals surface area (Å²) in [5.74, 6) is 0. The van der Waals surface area contributed by atoms with Crippen LogP contribution in [0.2, 0.25) is 0 Å². The predicted octanol–water partition coefficient (Wildman–Crippen LogP) is 0.153. The maximum Gasteiger partial charge on any atom is 0.0558 e. The van der Waals surface area contributed by atoms with Gasteiger partial charge in [0.05, 0.1) is 12.8 Å². The summed E-state index contributed by atoms with van der Waals surface area (Å²) in [5.41, 5.74) is 2.41. The molecule has 1 rings (SSSR count). The van der Waals surface area contributed by atoms with Gasteiger partial charge in [0.25, 0.3) is 0 Å². The monoisotopic (exact) mass is 183 g/mol. The van der Waals surface area contributed by atoms with Gasteiger partial charge in [-0.15, -0.1) is 0 Å². The first kappa shape index (κ1) is 10.2. The van der Waals surface area contributed by atoms with Gasteiger partial charge in [0, 0.05) is 31.4 Å². The number of hydrogen-bond acceptors (Lipinski definition) is 3. The molecule has 0 amide bonds. The van der Waals surface area contributed by atoms with Crippen LogP contribution in [-0.2, 0) is 13.6 Å². The molecular weight excluding hydrogens is 166 g/mol. The standard InChI is InChI=1S/C9H17N3O/c1-8-9(6-10-12(8)3)7-11(2)4-5-13/h6,13H,4-5,7H2,1-3H3. The molecule has 4 heteroatoms. The first-order valence-electron chi connectivity index (χ1n) is 4.42. The summed E-state index contributed by atoms with van der Waals surface area (Å²) >= 11 is 0. The Morgan fingerprint density at radius 2 is 2.31 bits per heavy atom. The van der Waals surface area contributed by atoms with Crippen LogP contribution in [0.4, 0.5) is 0 Å². The van der Waals surface area contributed by atoms with E-state index in [0.717, 1.165) is 6.54 Å². The van der Waals surface area contributed by atoms with Crippen molar-refractivity contribution in [3.63, 3.8) is 0 Å². The Labute approximate surface area is 78.8 Å². The van der Waals surface area contributed by atoms with E-state index < -0.39 is 0 Å². The SMILES string of the molecule is Cc1c(CN(C)CCO)cnn1C. The number of aliphatic hydroxyl groups is 1. The van der Waals surface area contributed by atoms with Gasteiger partial charge in [-0.25, -0.2) is 0 Å². The van der Waals surface area contributed by atoms with Crippen molar-refractivity contribution in [2.24, 2.45) is 7.05 Å². The number of nitrogens with zero attached hydrogens (tertiary/aromatic N) is 3. The molecule has 1 aromatic rings. The van der Waals surface area contributed by atoms with Crippen LogP contribution in [0.3, 0.4) is 0 Å². The van der Waals surface area contributed by atoms with Crippen LogP contribution in [0.5, 0.6) is 0 Å². The Balaban J connectivity index is 2.58. The molecule has 1 heterocycles. The fraction of sp³-hybridized carbons (Fsp3) is 0.667. The minimum Gasteiger partial charge on any atom is -0.395 e. The van der Waals surface area contributed by atoms with E-state index in [0.29, 0.717) is 6.54 Å². The average molecular weight is 183 g/mol. The lowest BCUT2D eigenvalue weighted by atomic mass is 10.2. The summed E-state index contributed by atoms with van der Waals surface area (Å²) < 4.78 is 1.86. The largest absolute Gasteiger partial charge is 0.395 e. The van der Waals surface area contributed by atoms with Crippen LogP contribution in [0.15, 0.2) is 6.20 Å². The van der Waals surface area contributed by atoms with Crippen molar-refractivity contribution in [2.75, 3.05) is 20.2 Å². The molecule has 13 heavy (non-hydrogen) atoms. The van der Waals surface area contributed by atoms with Gasteiger partial charge in [0.2, 0.25) is 0 Å². The lowest BCUT2D eigenvalue weighted by Crippen LogP contribution is -2.21. The molecule has 4 nitrogen and oxygen atoms in total. The van der Waals surface area contributed by atoms with Gasteiger partial charge >= 0.3 is 0 Å². The lowest BCUT2D eigenvalue weighted by molar-refractivity contribution is 0.217. The number of rotatable bonds is 4. The second-order valence-electron chi connectivity index (χ2n) is 3.34. The van der Waals surface area contributed by atoms with Crippen molar-refractivity contribution in [3.05, 3.63) is 17.5 Å².